The number of aliphatic hydroxyl groups excluding tert-OH is 1. The molecule has 0 heterocycles. The highest BCUT2D eigenvalue weighted by molar-refractivity contribution is 7.99. The molecular weight excluding hydrogens is 224 g/mol. The summed E-state index contributed by atoms with van der Waals surface area (Å²) < 4.78 is 10.5. The fraction of sp³-hybridized carbons (Fsp3) is 0.500. The molecule has 0 radical (unpaired) electrons. The quantitative estimate of drug-likeness (QED) is 0.778. The second kappa shape index (κ2) is 6.66. The third-order valence-corrected chi connectivity index (χ3v) is 3.57. The zero-order chi connectivity index (χ0) is 12.0. The lowest BCUT2D eigenvalue weighted by atomic mass is 10.2. The molecule has 90 valence electrons. The molecule has 0 aliphatic heterocycles. The van der Waals surface area contributed by atoms with Gasteiger partial charge in [-0.2, -0.15) is 0 Å². The number of methoxy groups -OCH3 is 2. The maximum Gasteiger partial charge on any atom is 0.174 e. The van der Waals surface area contributed by atoms with Gasteiger partial charge >= 0.3 is 0 Å². The fourth-order valence-electron chi connectivity index (χ4n) is 1.26. The van der Waals surface area contributed by atoms with E-state index in [1.165, 1.54) is 0 Å². The van der Waals surface area contributed by atoms with Crippen molar-refractivity contribution in [1.29, 1.82) is 0 Å². The van der Waals surface area contributed by atoms with E-state index < -0.39 is 0 Å². The predicted molar refractivity (Wildman–Crippen MR) is 66.5 cm³/mol. The van der Waals surface area contributed by atoms with Crippen LogP contribution in [0.3, 0.4) is 0 Å². The maximum absolute atomic E-state index is 8.97. The van der Waals surface area contributed by atoms with Crippen molar-refractivity contribution in [3.05, 3.63) is 18.2 Å². The van der Waals surface area contributed by atoms with Crippen molar-refractivity contribution in [3.63, 3.8) is 0 Å². The lowest BCUT2D eigenvalue weighted by Crippen LogP contribution is -2.03. The van der Waals surface area contributed by atoms with Crippen molar-refractivity contribution < 1.29 is 14.6 Å². The number of ether oxygens (including phenoxy) is 2. The van der Waals surface area contributed by atoms with E-state index in [4.69, 9.17) is 14.6 Å². The Morgan fingerprint density at radius 2 is 2.06 bits per heavy atom. The average Bonchev–Trinajstić information content (AvgIpc) is 2.34. The summed E-state index contributed by atoms with van der Waals surface area (Å²) in [5, 5.41) is 8.97. The SMILES string of the molecule is COc1cccc(SC[C@@H](C)CO)c1OC. The van der Waals surface area contributed by atoms with Crippen LogP contribution in [-0.4, -0.2) is 31.7 Å². The first-order valence-corrected chi connectivity index (χ1v) is 6.16. The molecule has 1 aromatic carbocycles. The van der Waals surface area contributed by atoms with Gasteiger partial charge in [-0.05, 0) is 18.1 Å². The minimum atomic E-state index is 0.208. The second-order valence-electron chi connectivity index (χ2n) is 3.59. The summed E-state index contributed by atoms with van der Waals surface area (Å²) in [6, 6.07) is 5.81. The molecular formula is C12H18O3S. The molecule has 3 nitrogen and oxygen atoms in total. The summed E-state index contributed by atoms with van der Waals surface area (Å²) in [5.74, 6) is 2.64. The smallest absolute Gasteiger partial charge is 0.174 e. The number of benzene rings is 1. The first kappa shape index (κ1) is 13.2. The summed E-state index contributed by atoms with van der Waals surface area (Å²) >= 11 is 1.67. The van der Waals surface area contributed by atoms with Crippen molar-refractivity contribution in [1.82, 2.24) is 0 Å². The summed E-state index contributed by atoms with van der Waals surface area (Å²) in [6.07, 6.45) is 0. The highest BCUT2D eigenvalue weighted by Gasteiger charge is 2.10. The van der Waals surface area contributed by atoms with Crippen LogP contribution in [0.4, 0.5) is 0 Å². The second-order valence-corrected chi connectivity index (χ2v) is 4.65. The molecule has 0 saturated heterocycles. The number of rotatable bonds is 6. The third kappa shape index (κ3) is 3.32. The topological polar surface area (TPSA) is 38.7 Å². The Kier molecular flexibility index (Phi) is 5.49. The average molecular weight is 242 g/mol. The third-order valence-electron chi connectivity index (χ3n) is 2.20. The van der Waals surface area contributed by atoms with Crippen LogP contribution in [0.15, 0.2) is 23.1 Å². The summed E-state index contributed by atoms with van der Waals surface area (Å²) in [7, 11) is 3.26. The number of aliphatic hydroxyl groups is 1. The van der Waals surface area contributed by atoms with Gasteiger partial charge in [0.2, 0.25) is 0 Å². The Morgan fingerprint density at radius 3 is 2.62 bits per heavy atom. The van der Waals surface area contributed by atoms with Crippen LogP contribution in [0.5, 0.6) is 11.5 Å². The molecule has 0 aliphatic carbocycles. The summed E-state index contributed by atoms with van der Waals surface area (Å²) in [5.41, 5.74) is 0. The van der Waals surface area contributed by atoms with Crippen molar-refractivity contribution in [3.8, 4) is 11.5 Å². The van der Waals surface area contributed by atoms with E-state index in [-0.39, 0.29) is 12.5 Å². The zero-order valence-electron chi connectivity index (χ0n) is 9.90. The normalized spacial score (nSPS) is 12.2. The molecule has 0 aliphatic rings. The van der Waals surface area contributed by atoms with E-state index in [9.17, 15) is 0 Å². The molecule has 16 heavy (non-hydrogen) atoms. The minimum Gasteiger partial charge on any atom is -0.493 e. The summed E-state index contributed by atoms with van der Waals surface area (Å²) in [6.45, 7) is 2.22. The first-order valence-electron chi connectivity index (χ1n) is 5.17. The largest absolute Gasteiger partial charge is 0.493 e. The van der Waals surface area contributed by atoms with E-state index in [1.807, 2.05) is 25.1 Å². The van der Waals surface area contributed by atoms with E-state index in [1.54, 1.807) is 26.0 Å². The van der Waals surface area contributed by atoms with E-state index in [0.29, 0.717) is 0 Å². The Morgan fingerprint density at radius 1 is 1.31 bits per heavy atom. The van der Waals surface area contributed by atoms with Crippen molar-refractivity contribution in [2.45, 2.75) is 11.8 Å². The van der Waals surface area contributed by atoms with Gasteiger partial charge < -0.3 is 14.6 Å². The molecule has 0 amide bonds. The number of thioether (sulfide) groups is 1. The molecule has 0 fully saturated rings. The zero-order valence-corrected chi connectivity index (χ0v) is 10.7. The van der Waals surface area contributed by atoms with Crippen molar-refractivity contribution in [2.24, 2.45) is 5.92 Å². The van der Waals surface area contributed by atoms with Crippen LogP contribution in [0.25, 0.3) is 0 Å². The Labute approximate surface area is 101 Å². The first-order chi connectivity index (χ1) is 7.72. The molecule has 1 N–H and O–H groups in total. The monoisotopic (exact) mass is 242 g/mol. The molecule has 1 rings (SSSR count). The van der Waals surface area contributed by atoms with Gasteiger partial charge in [-0.25, -0.2) is 0 Å². The van der Waals surface area contributed by atoms with Gasteiger partial charge in [-0.15, -0.1) is 11.8 Å². The van der Waals surface area contributed by atoms with E-state index in [0.717, 1.165) is 22.1 Å². The molecule has 1 aromatic rings. The maximum atomic E-state index is 8.97. The van der Waals surface area contributed by atoms with Gasteiger partial charge in [-0.1, -0.05) is 13.0 Å². The predicted octanol–water partition coefficient (Wildman–Crippen LogP) is 2.42. The van der Waals surface area contributed by atoms with Crippen LogP contribution in [0.2, 0.25) is 0 Å². The lowest BCUT2D eigenvalue weighted by Gasteiger charge is -2.13. The van der Waals surface area contributed by atoms with Crippen LogP contribution in [0, 0.1) is 5.92 Å². The van der Waals surface area contributed by atoms with Crippen LogP contribution < -0.4 is 9.47 Å². The molecule has 0 spiro atoms. The van der Waals surface area contributed by atoms with Gasteiger partial charge in [0.1, 0.15) is 0 Å². The Balaban J connectivity index is 2.78. The van der Waals surface area contributed by atoms with Crippen LogP contribution >= 0.6 is 11.8 Å². The molecule has 4 heteroatoms. The number of hydrogen-bond donors (Lipinski definition) is 1. The number of para-hydroxylation sites is 1. The van der Waals surface area contributed by atoms with Crippen LogP contribution in [-0.2, 0) is 0 Å². The van der Waals surface area contributed by atoms with Gasteiger partial charge in [0.05, 0.1) is 19.1 Å². The minimum absolute atomic E-state index is 0.208. The summed E-state index contributed by atoms with van der Waals surface area (Å²) in [4.78, 5) is 1.04. The fourth-order valence-corrected chi connectivity index (χ4v) is 2.32. The Bertz CT molecular complexity index is 328. The molecule has 0 bridgehead atoms. The standard InChI is InChI=1S/C12H18O3S/c1-9(7-13)8-16-11-6-4-5-10(14-2)12(11)15-3/h4-6,9,13H,7-8H2,1-3H3/t9-/m0/s1. The van der Waals surface area contributed by atoms with Crippen LogP contribution in [0.1, 0.15) is 6.92 Å². The van der Waals surface area contributed by atoms with E-state index in [2.05, 4.69) is 0 Å². The van der Waals surface area contributed by atoms with Crippen molar-refractivity contribution in [2.75, 3.05) is 26.6 Å². The number of hydrogen-bond acceptors (Lipinski definition) is 4. The molecule has 0 unspecified atom stereocenters. The molecule has 0 aromatic heterocycles. The molecule has 0 saturated carbocycles. The highest BCUT2D eigenvalue weighted by Crippen LogP contribution is 2.37. The highest BCUT2D eigenvalue weighted by atomic mass is 32.2. The Hall–Kier alpha value is -0.870. The van der Waals surface area contributed by atoms with Gasteiger partial charge in [0.15, 0.2) is 11.5 Å². The van der Waals surface area contributed by atoms with Gasteiger partial charge in [0.25, 0.3) is 0 Å². The van der Waals surface area contributed by atoms with Crippen molar-refractivity contribution >= 4 is 11.8 Å². The van der Waals surface area contributed by atoms with Gasteiger partial charge in [0, 0.05) is 12.4 Å². The van der Waals surface area contributed by atoms with Gasteiger partial charge in [-0.3, -0.25) is 0 Å². The molecule has 1 atom stereocenters. The van der Waals surface area contributed by atoms with E-state index >= 15 is 0 Å². The lowest BCUT2D eigenvalue weighted by molar-refractivity contribution is 0.250.